The Morgan fingerprint density at radius 2 is 0.797 bits per heavy atom. The van der Waals surface area contributed by atoms with Crippen LogP contribution in [-0.4, -0.2) is 0 Å². The number of furan rings is 1. The summed E-state index contributed by atoms with van der Waals surface area (Å²) >= 11 is 0. The summed E-state index contributed by atoms with van der Waals surface area (Å²) in [7, 11) is 0. The van der Waals surface area contributed by atoms with Gasteiger partial charge in [-0.3, -0.25) is 0 Å². The Bertz CT molecular complexity index is 3980. The van der Waals surface area contributed by atoms with Crippen molar-refractivity contribution in [2.24, 2.45) is 0 Å². The smallest absolute Gasteiger partial charge is 0.145 e. The monoisotopic (exact) mass is 950 g/mol. The average Bonchev–Trinajstić information content (AvgIpc) is 4.15. The second-order valence-electron chi connectivity index (χ2n) is 19.9. The predicted octanol–water partition coefficient (Wildman–Crippen LogP) is 19.5. The van der Waals surface area contributed by atoms with E-state index in [1.165, 1.54) is 66.8 Å². The molecular formula is C71H54N2O. The normalized spacial score (nSPS) is 12.4. The van der Waals surface area contributed by atoms with Crippen molar-refractivity contribution in [2.45, 2.75) is 33.1 Å². The van der Waals surface area contributed by atoms with Gasteiger partial charge in [-0.1, -0.05) is 193 Å². The molecule has 1 aliphatic rings. The Kier molecular flexibility index (Phi) is 11.0. The molecule has 0 saturated carbocycles. The van der Waals surface area contributed by atoms with E-state index in [2.05, 4.69) is 292 Å². The van der Waals surface area contributed by atoms with Crippen LogP contribution in [0.2, 0.25) is 0 Å². The van der Waals surface area contributed by atoms with Crippen molar-refractivity contribution in [3.63, 3.8) is 0 Å². The zero-order valence-corrected chi connectivity index (χ0v) is 42.1. The third kappa shape index (κ3) is 7.34. The molecule has 3 nitrogen and oxygen atoms in total. The summed E-state index contributed by atoms with van der Waals surface area (Å²) < 4.78 is 7.34. The van der Waals surface area contributed by atoms with Crippen LogP contribution in [0, 0.1) is 27.7 Å². The molecule has 1 heterocycles. The second-order valence-corrected chi connectivity index (χ2v) is 19.9. The standard InChI is InChI=1S/C71H54N2O/c1-47-27-35-55(36-28-47)72(56-39-31-51(32-40-56)60-23-13-11-17-49(60)3)59-43-44-62-64(45-59)71(53-19-7-5-8-20-53,54-21-9-6-10-22-54)65-46-66(69-63-25-15-16-26-67(63)74-70(69)68(62)65)73(57-37-29-48(2)30-38-57)58-41-33-52(34-42-58)61-24-14-12-18-50(61)4/h5-46H,1-4H3. The molecule has 0 spiro atoms. The molecule has 0 atom stereocenters. The Hall–Kier alpha value is -9.18. The lowest BCUT2D eigenvalue weighted by Gasteiger charge is -2.36. The van der Waals surface area contributed by atoms with E-state index >= 15 is 0 Å². The van der Waals surface area contributed by atoms with E-state index < -0.39 is 5.41 Å². The molecule has 13 rings (SSSR count). The fraction of sp³-hybridized carbons (Fsp3) is 0.0704. The van der Waals surface area contributed by atoms with Gasteiger partial charge in [-0.05, 0) is 162 Å². The Morgan fingerprint density at radius 3 is 1.32 bits per heavy atom. The van der Waals surface area contributed by atoms with Crippen LogP contribution in [0.25, 0.3) is 55.3 Å². The van der Waals surface area contributed by atoms with Crippen LogP contribution in [0.5, 0.6) is 0 Å². The molecule has 0 N–H and O–H groups in total. The number of hydrogen-bond donors (Lipinski definition) is 0. The first-order valence-corrected chi connectivity index (χ1v) is 25.7. The Labute approximate surface area is 433 Å². The first kappa shape index (κ1) is 44.7. The molecule has 0 bridgehead atoms. The topological polar surface area (TPSA) is 19.6 Å². The van der Waals surface area contributed by atoms with E-state index in [-0.39, 0.29) is 0 Å². The van der Waals surface area contributed by atoms with Crippen molar-refractivity contribution in [2.75, 3.05) is 9.80 Å². The quantitative estimate of drug-likeness (QED) is 0.136. The van der Waals surface area contributed by atoms with Crippen molar-refractivity contribution in [1.29, 1.82) is 0 Å². The Balaban J connectivity index is 1.10. The molecule has 1 aromatic heterocycles. The molecule has 354 valence electrons. The Morgan fingerprint density at radius 1 is 0.351 bits per heavy atom. The lowest BCUT2D eigenvalue weighted by molar-refractivity contribution is 0.669. The third-order valence-corrected chi connectivity index (χ3v) is 15.4. The number of anilines is 6. The zero-order valence-electron chi connectivity index (χ0n) is 42.1. The summed E-state index contributed by atoms with van der Waals surface area (Å²) in [5, 5.41) is 2.15. The number of benzene rings is 11. The number of fused-ring (bicyclic) bond motifs is 7. The van der Waals surface area contributed by atoms with Gasteiger partial charge in [0, 0.05) is 39.4 Å². The fourth-order valence-corrected chi connectivity index (χ4v) is 11.8. The minimum Gasteiger partial charge on any atom is -0.455 e. The second kappa shape index (κ2) is 18.1. The van der Waals surface area contributed by atoms with Gasteiger partial charge in [0.1, 0.15) is 11.2 Å². The summed E-state index contributed by atoms with van der Waals surface area (Å²) in [5.74, 6) is 0. The van der Waals surface area contributed by atoms with Crippen molar-refractivity contribution >= 4 is 56.1 Å². The van der Waals surface area contributed by atoms with Gasteiger partial charge in [0.25, 0.3) is 0 Å². The molecule has 0 fully saturated rings. The van der Waals surface area contributed by atoms with Gasteiger partial charge in [0.15, 0.2) is 0 Å². The first-order valence-electron chi connectivity index (χ1n) is 25.7. The van der Waals surface area contributed by atoms with Gasteiger partial charge in [-0.15, -0.1) is 0 Å². The number of nitrogens with zero attached hydrogens (tertiary/aromatic N) is 2. The molecule has 0 saturated heterocycles. The number of hydrogen-bond acceptors (Lipinski definition) is 3. The summed E-state index contributed by atoms with van der Waals surface area (Å²) in [6.45, 7) is 8.67. The SMILES string of the molecule is Cc1ccc(N(c2ccc(-c3ccccc3C)cc2)c2ccc3c(c2)C(c2ccccc2)(c2ccccc2)c2cc(N(c4ccc(C)cc4)c4ccc(-c5ccccc5C)cc4)c4c(oc5ccccc54)c2-3)cc1. The highest BCUT2D eigenvalue weighted by molar-refractivity contribution is 6.19. The molecule has 0 radical (unpaired) electrons. The highest BCUT2D eigenvalue weighted by atomic mass is 16.3. The summed E-state index contributed by atoms with van der Waals surface area (Å²) in [6.07, 6.45) is 0. The molecule has 1 aliphatic carbocycles. The van der Waals surface area contributed by atoms with Crippen molar-refractivity contribution in [3.05, 3.63) is 299 Å². The number of rotatable bonds is 10. The molecule has 0 amide bonds. The molecule has 12 aromatic rings. The van der Waals surface area contributed by atoms with E-state index in [9.17, 15) is 0 Å². The lowest BCUT2D eigenvalue weighted by atomic mass is 9.67. The minimum atomic E-state index is -0.771. The van der Waals surface area contributed by atoms with Crippen molar-refractivity contribution in [1.82, 2.24) is 0 Å². The number of aryl methyl sites for hydroxylation is 4. The highest BCUT2D eigenvalue weighted by Crippen LogP contribution is 2.62. The largest absolute Gasteiger partial charge is 0.455 e. The molecule has 0 unspecified atom stereocenters. The molecule has 74 heavy (non-hydrogen) atoms. The average molecular weight is 951 g/mol. The predicted molar refractivity (Wildman–Crippen MR) is 310 cm³/mol. The van der Waals surface area contributed by atoms with Crippen molar-refractivity contribution in [3.8, 4) is 33.4 Å². The van der Waals surface area contributed by atoms with Crippen LogP contribution < -0.4 is 9.80 Å². The van der Waals surface area contributed by atoms with Crippen LogP contribution >= 0.6 is 0 Å². The molecular weight excluding hydrogens is 897 g/mol. The van der Waals surface area contributed by atoms with Crippen LogP contribution in [0.3, 0.4) is 0 Å². The lowest BCUT2D eigenvalue weighted by Crippen LogP contribution is -2.29. The van der Waals surface area contributed by atoms with Gasteiger partial charge in [-0.25, -0.2) is 0 Å². The van der Waals surface area contributed by atoms with Gasteiger partial charge in [0.05, 0.1) is 16.5 Å². The van der Waals surface area contributed by atoms with Gasteiger partial charge in [0.2, 0.25) is 0 Å². The van der Waals surface area contributed by atoms with Crippen LogP contribution in [0.15, 0.2) is 259 Å². The maximum absolute atomic E-state index is 7.34. The van der Waals surface area contributed by atoms with Gasteiger partial charge in [-0.2, -0.15) is 0 Å². The van der Waals surface area contributed by atoms with Gasteiger partial charge < -0.3 is 14.2 Å². The van der Waals surface area contributed by atoms with E-state index in [0.717, 1.165) is 67.2 Å². The maximum atomic E-state index is 7.34. The van der Waals surface area contributed by atoms with Gasteiger partial charge >= 0.3 is 0 Å². The number of para-hydroxylation sites is 1. The zero-order chi connectivity index (χ0) is 49.9. The van der Waals surface area contributed by atoms with Crippen LogP contribution in [0.4, 0.5) is 34.1 Å². The third-order valence-electron chi connectivity index (χ3n) is 15.4. The maximum Gasteiger partial charge on any atom is 0.145 e. The van der Waals surface area contributed by atoms with E-state index in [4.69, 9.17) is 4.42 Å². The van der Waals surface area contributed by atoms with E-state index in [0.29, 0.717) is 0 Å². The minimum absolute atomic E-state index is 0.771. The first-order chi connectivity index (χ1) is 36.3. The molecule has 3 heteroatoms. The van der Waals surface area contributed by atoms with Crippen LogP contribution in [-0.2, 0) is 5.41 Å². The molecule has 0 aliphatic heterocycles. The van der Waals surface area contributed by atoms with E-state index in [1.54, 1.807) is 0 Å². The fourth-order valence-electron chi connectivity index (χ4n) is 11.8. The van der Waals surface area contributed by atoms with E-state index in [1.807, 2.05) is 0 Å². The summed E-state index contributed by atoms with van der Waals surface area (Å²) in [6, 6.07) is 93.6. The van der Waals surface area contributed by atoms with Crippen LogP contribution in [0.1, 0.15) is 44.5 Å². The molecule has 11 aromatic carbocycles. The van der Waals surface area contributed by atoms with Crippen molar-refractivity contribution < 1.29 is 4.42 Å². The highest BCUT2D eigenvalue weighted by Gasteiger charge is 2.49. The summed E-state index contributed by atoms with van der Waals surface area (Å²) in [4.78, 5) is 4.85. The summed E-state index contributed by atoms with van der Waals surface area (Å²) in [5.41, 5.74) is 24.1.